The first-order valence-electron chi connectivity index (χ1n) is 4.20. The van der Waals surface area contributed by atoms with Crippen molar-refractivity contribution in [3.63, 3.8) is 0 Å². The fourth-order valence-corrected chi connectivity index (χ4v) is 1.00. The normalized spacial score (nSPS) is 11.0. The van der Waals surface area contributed by atoms with E-state index in [0.29, 0.717) is 0 Å². The lowest BCUT2D eigenvalue weighted by Crippen LogP contribution is -2.15. The Balaban J connectivity index is 3.26. The molecule has 3 heteroatoms. The van der Waals surface area contributed by atoms with Crippen LogP contribution in [0.15, 0.2) is 6.07 Å². The van der Waals surface area contributed by atoms with Crippen molar-refractivity contribution in [1.29, 1.82) is 5.26 Å². The highest BCUT2D eigenvalue weighted by Gasteiger charge is 2.16. The lowest BCUT2D eigenvalue weighted by Gasteiger charge is -2.17. The van der Waals surface area contributed by atoms with Crippen molar-refractivity contribution in [3.8, 4) is 6.07 Å². The van der Waals surface area contributed by atoms with E-state index >= 15 is 0 Å². The van der Waals surface area contributed by atoms with Crippen molar-refractivity contribution >= 4 is 0 Å². The molecule has 13 heavy (non-hydrogen) atoms. The average molecular weight is 175 g/mol. The molecule has 3 nitrogen and oxygen atoms in total. The fraction of sp³-hybridized carbons (Fsp3) is 0.500. The predicted molar refractivity (Wildman–Crippen MR) is 50.2 cm³/mol. The van der Waals surface area contributed by atoms with E-state index in [4.69, 9.17) is 5.26 Å². The third-order valence-electron chi connectivity index (χ3n) is 1.72. The quantitative estimate of drug-likeness (QED) is 0.605. The summed E-state index contributed by atoms with van der Waals surface area (Å²) in [6.07, 6.45) is 0. The van der Waals surface area contributed by atoms with Crippen LogP contribution < -0.4 is 0 Å². The molecule has 0 N–H and O–H groups in total. The predicted octanol–water partition coefficient (Wildman–Crippen LogP) is 1.95. The van der Waals surface area contributed by atoms with Gasteiger partial charge in [-0.3, -0.25) is 0 Å². The maximum absolute atomic E-state index is 8.68. The van der Waals surface area contributed by atoms with E-state index < -0.39 is 0 Å². The van der Waals surface area contributed by atoms with Crippen LogP contribution in [0.5, 0.6) is 0 Å². The lowest BCUT2D eigenvalue weighted by atomic mass is 9.91. The monoisotopic (exact) mass is 175 g/mol. The van der Waals surface area contributed by atoms with Crippen LogP contribution in [-0.2, 0) is 5.41 Å². The summed E-state index contributed by atoms with van der Waals surface area (Å²) in [5.41, 5.74) is 1.73. The molecule has 0 saturated heterocycles. The summed E-state index contributed by atoms with van der Waals surface area (Å²) in [7, 11) is 0. The third-order valence-corrected chi connectivity index (χ3v) is 1.72. The molecule has 1 rings (SSSR count). The number of nitrogens with zero attached hydrogens (tertiary/aromatic N) is 3. The number of rotatable bonds is 0. The maximum Gasteiger partial charge on any atom is 0.232 e. The largest absolute Gasteiger partial charge is 0.232 e. The number of aryl methyl sites for hydroxylation is 1. The van der Waals surface area contributed by atoms with E-state index in [-0.39, 0.29) is 11.2 Å². The highest BCUT2D eigenvalue weighted by atomic mass is 14.9. The van der Waals surface area contributed by atoms with Crippen LogP contribution in [0.2, 0.25) is 0 Å². The maximum atomic E-state index is 8.68. The van der Waals surface area contributed by atoms with Gasteiger partial charge in [0.1, 0.15) is 6.07 Å². The molecule has 0 spiro atoms. The minimum Gasteiger partial charge on any atom is -0.224 e. The van der Waals surface area contributed by atoms with Crippen molar-refractivity contribution in [3.05, 3.63) is 23.3 Å². The van der Waals surface area contributed by atoms with Gasteiger partial charge in [-0.1, -0.05) is 20.8 Å². The summed E-state index contributed by atoms with van der Waals surface area (Å²) in [6, 6.07) is 3.88. The van der Waals surface area contributed by atoms with E-state index in [1.165, 1.54) is 0 Å². The Kier molecular flexibility index (Phi) is 2.33. The van der Waals surface area contributed by atoms with Gasteiger partial charge in [0.2, 0.25) is 5.82 Å². The van der Waals surface area contributed by atoms with E-state index in [1.54, 1.807) is 0 Å². The molecule has 0 radical (unpaired) electrons. The summed E-state index contributed by atoms with van der Waals surface area (Å²) < 4.78 is 0. The minimum atomic E-state index is -0.0285. The fourth-order valence-electron chi connectivity index (χ4n) is 1.00. The molecular formula is C10H13N3. The van der Waals surface area contributed by atoms with Gasteiger partial charge in [-0.25, -0.2) is 9.97 Å². The molecule has 0 amide bonds. The van der Waals surface area contributed by atoms with Crippen LogP contribution in [0, 0.1) is 18.3 Å². The van der Waals surface area contributed by atoms with Crippen molar-refractivity contribution in [1.82, 2.24) is 9.97 Å². The zero-order valence-corrected chi connectivity index (χ0v) is 8.42. The number of hydrogen-bond acceptors (Lipinski definition) is 3. The molecule has 0 aliphatic rings. The first-order valence-corrected chi connectivity index (χ1v) is 4.20. The highest BCUT2D eigenvalue weighted by Crippen LogP contribution is 2.20. The standard InChI is InChI=1S/C10H13N3/c1-7-5-8(10(2,3)4)13-9(6-11)12-7/h5H,1-4H3. The summed E-state index contributed by atoms with van der Waals surface area (Å²) in [6.45, 7) is 8.07. The van der Waals surface area contributed by atoms with Gasteiger partial charge in [0, 0.05) is 11.1 Å². The van der Waals surface area contributed by atoms with Gasteiger partial charge >= 0.3 is 0 Å². The van der Waals surface area contributed by atoms with Gasteiger partial charge in [-0.05, 0) is 13.0 Å². The van der Waals surface area contributed by atoms with Crippen LogP contribution in [0.3, 0.4) is 0 Å². The smallest absolute Gasteiger partial charge is 0.224 e. The molecule has 0 aliphatic carbocycles. The van der Waals surface area contributed by atoms with E-state index in [2.05, 4.69) is 30.7 Å². The molecule has 1 aromatic rings. The van der Waals surface area contributed by atoms with Gasteiger partial charge in [0.05, 0.1) is 5.69 Å². The van der Waals surface area contributed by atoms with Crippen LogP contribution >= 0.6 is 0 Å². The highest BCUT2D eigenvalue weighted by molar-refractivity contribution is 5.21. The Bertz CT molecular complexity index is 355. The van der Waals surface area contributed by atoms with Gasteiger partial charge in [0.25, 0.3) is 0 Å². The topological polar surface area (TPSA) is 49.6 Å². The molecule has 1 aromatic heterocycles. The Morgan fingerprint density at radius 1 is 1.31 bits per heavy atom. The SMILES string of the molecule is Cc1cc(C(C)(C)C)nc(C#N)n1. The van der Waals surface area contributed by atoms with Crippen LogP contribution in [-0.4, -0.2) is 9.97 Å². The number of aromatic nitrogens is 2. The lowest BCUT2D eigenvalue weighted by molar-refractivity contribution is 0.564. The zero-order chi connectivity index (χ0) is 10.1. The number of hydrogen-bond donors (Lipinski definition) is 0. The molecule has 0 atom stereocenters. The van der Waals surface area contributed by atoms with Crippen LogP contribution in [0.1, 0.15) is 38.0 Å². The second-order valence-corrected chi connectivity index (χ2v) is 4.08. The Hall–Kier alpha value is -1.43. The minimum absolute atomic E-state index is 0.0285. The Labute approximate surface area is 78.5 Å². The third kappa shape index (κ3) is 2.25. The summed E-state index contributed by atoms with van der Waals surface area (Å²) in [4.78, 5) is 8.14. The molecule has 0 bridgehead atoms. The van der Waals surface area contributed by atoms with Crippen LogP contribution in [0.25, 0.3) is 0 Å². The molecule has 1 heterocycles. The van der Waals surface area contributed by atoms with E-state index in [0.717, 1.165) is 11.4 Å². The molecule has 68 valence electrons. The van der Waals surface area contributed by atoms with E-state index in [9.17, 15) is 0 Å². The summed E-state index contributed by atoms with van der Waals surface area (Å²) in [5.74, 6) is 0.255. The van der Waals surface area contributed by atoms with Crippen molar-refractivity contribution in [2.45, 2.75) is 33.1 Å². The van der Waals surface area contributed by atoms with Crippen molar-refractivity contribution < 1.29 is 0 Å². The van der Waals surface area contributed by atoms with Crippen LogP contribution in [0.4, 0.5) is 0 Å². The molecule has 0 aliphatic heterocycles. The van der Waals surface area contributed by atoms with Crippen molar-refractivity contribution in [2.75, 3.05) is 0 Å². The average Bonchev–Trinajstić information content (AvgIpc) is 2.01. The molecule has 0 unspecified atom stereocenters. The number of nitriles is 1. The van der Waals surface area contributed by atoms with Crippen molar-refractivity contribution in [2.24, 2.45) is 0 Å². The second kappa shape index (κ2) is 3.14. The first-order chi connectivity index (χ1) is 5.93. The molecule has 0 fully saturated rings. The molecule has 0 aromatic carbocycles. The zero-order valence-electron chi connectivity index (χ0n) is 8.42. The Morgan fingerprint density at radius 2 is 1.92 bits per heavy atom. The first kappa shape index (κ1) is 9.66. The van der Waals surface area contributed by atoms with Gasteiger partial charge in [-0.15, -0.1) is 0 Å². The van der Waals surface area contributed by atoms with Gasteiger partial charge < -0.3 is 0 Å². The van der Waals surface area contributed by atoms with Gasteiger partial charge in [-0.2, -0.15) is 5.26 Å². The second-order valence-electron chi connectivity index (χ2n) is 4.08. The molecular weight excluding hydrogens is 162 g/mol. The molecule has 0 saturated carbocycles. The summed E-state index contributed by atoms with van der Waals surface area (Å²) >= 11 is 0. The van der Waals surface area contributed by atoms with Gasteiger partial charge in [0.15, 0.2) is 0 Å². The summed E-state index contributed by atoms with van der Waals surface area (Å²) in [5, 5.41) is 8.68. The Morgan fingerprint density at radius 3 is 2.38 bits per heavy atom. The van der Waals surface area contributed by atoms with E-state index in [1.807, 2.05) is 19.1 Å².